The largest absolute Gasteiger partial charge is 0.334 e. The standard InChI is InChI=1S/C65H47N/c1-64-36-15-37-65(64,2)66(45-22-4-3-5-23-45)61-35-30-44(38-60(61)64)56-39-57(49-27-12-19-41-16-6-9-24-46(41)49)53-33-34-55-59(51-29-14-21-43-18-8-11-26-48(43)51)40-58(54-32-31-52(56)62(53)63(54)55)50-28-13-20-42-17-7-10-25-47(42)50/h3-14,16-35,38-40H,15,36-37H2,1-2H3. The van der Waals surface area contributed by atoms with Gasteiger partial charge in [0.2, 0.25) is 0 Å². The summed E-state index contributed by atoms with van der Waals surface area (Å²) in [5, 5.41) is 15.4. The highest BCUT2D eigenvalue weighted by Crippen LogP contribution is 2.63. The average molecular weight is 842 g/mol. The molecule has 66 heavy (non-hydrogen) atoms. The maximum absolute atomic E-state index is 2.67. The number of benzene rings is 12. The second-order valence-electron chi connectivity index (χ2n) is 19.5. The molecule has 0 N–H and O–H groups in total. The number of anilines is 2. The van der Waals surface area contributed by atoms with Crippen LogP contribution in [-0.4, -0.2) is 5.54 Å². The number of fused-ring (bicyclic) bond motifs is 6. The van der Waals surface area contributed by atoms with E-state index < -0.39 is 0 Å². The van der Waals surface area contributed by atoms with E-state index in [0.717, 1.165) is 0 Å². The smallest absolute Gasteiger partial charge is 0.0517 e. The highest BCUT2D eigenvalue weighted by molar-refractivity contribution is 6.33. The zero-order valence-corrected chi connectivity index (χ0v) is 37.3. The average Bonchev–Trinajstić information content (AvgIpc) is 3.78. The lowest BCUT2D eigenvalue weighted by Crippen LogP contribution is -2.48. The summed E-state index contributed by atoms with van der Waals surface area (Å²) in [7, 11) is 0. The Hall–Kier alpha value is -7.74. The molecule has 1 aliphatic heterocycles. The molecule has 0 bridgehead atoms. The van der Waals surface area contributed by atoms with Crippen LogP contribution >= 0.6 is 0 Å². The molecule has 2 unspecified atom stereocenters. The number of hydrogen-bond donors (Lipinski definition) is 0. The first kappa shape index (κ1) is 37.6. The van der Waals surface area contributed by atoms with Crippen LogP contribution < -0.4 is 4.90 Å². The van der Waals surface area contributed by atoms with Crippen LogP contribution in [0.2, 0.25) is 0 Å². The van der Waals surface area contributed by atoms with Gasteiger partial charge in [-0.3, -0.25) is 0 Å². The number of hydrogen-bond acceptors (Lipinski definition) is 1. The van der Waals surface area contributed by atoms with Gasteiger partial charge in [-0.2, -0.15) is 0 Å². The summed E-state index contributed by atoms with van der Waals surface area (Å²) < 4.78 is 0. The van der Waals surface area contributed by atoms with Gasteiger partial charge in [-0.05, 0) is 171 Å². The Labute approximate surface area is 385 Å². The van der Waals surface area contributed by atoms with E-state index in [1.54, 1.807) is 0 Å². The summed E-state index contributed by atoms with van der Waals surface area (Å²) in [6.45, 7) is 5.06. The van der Waals surface area contributed by atoms with Gasteiger partial charge < -0.3 is 4.90 Å². The lowest BCUT2D eigenvalue weighted by atomic mass is 9.71. The molecule has 1 fully saturated rings. The molecule has 2 aliphatic rings. The van der Waals surface area contributed by atoms with Crippen molar-refractivity contribution in [3.63, 3.8) is 0 Å². The van der Waals surface area contributed by atoms with E-state index in [1.807, 2.05) is 0 Å². The molecular formula is C65H47N. The van der Waals surface area contributed by atoms with Gasteiger partial charge in [0.1, 0.15) is 0 Å². The van der Waals surface area contributed by atoms with Gasteiger partial charge in [0.05, 0.1) is 5.54 Å². The molecule has 2 atom stereocenters. The Kier molecular flexibility index (Phi) is 7.91. The van der Waals surface area contributed by atoms with Gasteiger partial charge in [-0.15, -0.1) is 0 Å². The quantitative estimate of drug-likeness (QED) is 0.156. The molecule has 0 spiro atoms. The van der Waals surface area contributed by atoms with Crippen LogP contribution in [0.5, 0.6) is 0 Å². The van der Waals surface area contributed by atoms with Crippen molar-refractivity contribution >= 4 is 76.0 Å². The second-order valence-corrected chi connectivity index (χ2v) is 19.5. The summed E-state index contributed by atoms with van der Waals surface area (Å²) in [4.78, 5) is 2.67. The summed E-state index contributed by atoms with van der Waals surface area (Å²) in [6.07, 6.45) is 3.57. The molecule has 0 amide bonds. The number of rotatable bonds is 5. The topological polar surface area (TPSA) is 3.24 Å². The van der Waals surface area contributed by atoms with E-state index in [-0.39, 0.29) is 11.0 Å². The normalized spacial score (nSPS) is 18.1. The van der Waals surface area contributed by atoms with E-state index in [1.165, 1.54) is 145 Å². The molecule has 312 valence electrons. The van der Waals surface area contributed by atoms with Crippen molar-refractivity contribution in [3.05, 3.63) is 218 Å². The Morgan fingerprint density at radius 2 is 0.788 bits per heavy atom. The number of nitrogens with zero attached hydrogens (tertiary/aromatic N) is 1. The third kappa shape index (κ3) is 5.12. The van der Waals surface area contributed by atoms with Crippen LogP contribution in [0.4, 0.5) is 11.4 Å². The lowest BCUT2D eigenvalue weighted by molar-refractivity contribution is 0.330. The summed E-state index contributed by atoms with van der Waals surface area (Å²) in [5.74, 6) is 0. The van der Waals surface area contributed by atoms with Crippen molar-refractivity contribution in [2.75, 3.05) is 4.90 Å². The van der Waals surface area contributed by atoms with Crippen LogP contribution in [0.15, 0.2) is 212 Å². The highest BCUT2D eigenvalue weighted by atomic mass is 15.3. The molecule has 0 radical (unpaired) electrons. The molecule has 1 heteroatoms. The Balaban J connectivity index is 1.13. The molecular weight excluding hydrogens is 795 g/mol. The fourth-order valence-electron chi connectivity index (χ4n) is 13.0. The SMILES string of the molecule is CC12CCCC1(C)N(c1ccccc1)c1ccc(-c3cc(-c4cccc5ccccc45)c4ccc5c(-c6cccc7ccccc67)cc(-c6cccc7ccccc67)c6ccc3c4c65)cc12. The van der Waals surface area contributed by atoms with Crippen molar-refractivity contribution in [1.29, 1.82) is 0 Å². The third-order valence-electron chi connectivity index (χ3n) is 16.3. The molecule has 0 aromatic heterocycles. The van der Waals surface area contributed by atoms with Crippen molar-refractivity contribution in [1.82, 2.24) is 0 Å². The predicted molar refractivity (Wildman–Crippen MR) is 283 cm³/mol. The lowest BCUT2D eigenvalue weighted by Gasteiger charge is -2.42. The maximum Gasteiger partial charge on any atom is 0.0517 e. The van der Waals surface area contributed by atoms with Crippen molar-refractivity contribution in [2.45, 2.75) is 44.1 Å². The molecule has 1 nitrogen and oxygen atoms in total. The Bertz CT molecular complexity index is 3840. The minimum atomic E-state index is -0.0118. The second kappa shape index (κ2) is 13.9. The van der Waals surface area contributed by atoms with Crippen molar-refractivity contribution in [2.24, 2.45) is 0 Å². The summed E-state index contributed by atoms with van der Waals surface area (Å²) in [6, 6.07) is 80.4. The Morgan fingerprint density at radius 1 is 0.348 bits per heavy atom. The molecule has 1 heterocycles. The first-order chi connectivity index (χ1) is 32.5. The van der Waals surface area contributed by atoms with Crippen LogP contribution in [-0.2, 0) is 5.41 Å². The van der Waals surface area contributed by atoms with E-state index in [4.69, 9.17) is 0 Å². The van der Waals surface area contributed by atoms with Crippen LogP contribution in [0.1, 0.15) is 38.7 Å². The van der Waals surface area contributed by atoms with Gasteiger partial charge in [0, 0.05) is 16.8 Å². The minimum Gasteiger partial charge on any atom is -0.334 e. The molecule has 12 aromatic rings. The van der Waals surface area contributed by atoms with Crippen molar-refractivity contribution in [3.8, 4) is 44.5 Å². The summed E-state index contributed by atoms with van der Waals surface area (Å²) >= 11 is 0. The van der Waals surface area contributed by atoms with Gasteiger partial charge in [-0.1, -0.05) is 189 Å². The van der Waals surface area contributed by atoms with E-state index in [2.05, 4.69) is 231 Å². The van der Waals surface area contributed by atoms with E-state index >= 15 is 0 Å². The molecule has 1 saturated carbocycles. The first-order valence-electron chi connectivity index (χ1n) is 23.7. The summed E-state index contributed by atoms with van der Waals surface area (Å²) in [5.41, 5.74) is 14.3. The van der Waals surface area contributed by atoms with Crippen LogP contribution in [0.25, 0.3) is 109 Å². The van der Waals surface area contributed by atoms with Gasteiger partial charge in [-0.25, -0.2) is 0 Å². The fourth-order valence-corrected chi connectivity index (χ4v) is 13.0. The maximum atomic E-state index is 2.67. The van der Waals surface area contributed by atoms with E-state index in [0.29, 0.717) is 0 Å². The highest BCUT2D eigenvalue weighted by Gasteiger charge is 2.59. The van der Waals surface area contributed by atoms with Gasteiger partial charge >= 0.3 is 0 Å². The zero-order valence-electron chi connectivity index (χ0n) is 37.3. The molecule has 12 aromatic carbocycles. The zero-order chi connectivity index (χ0) is 43.7. The van der Waals surface area contributed by atoms with Crippen molar-refractivity contribution < 1.29 is 0 Å². The monoisotopic (exact) mass is 841 g/mol. The third-order valence-corrected chi connectivity index (χ3v) is 16.3. The predicted octanol–water partition coefficient (Wildman–Crippen LogP) is 18.1. The minimum absolute atomic E-state index is 0.0111. The van der Waals surface area contributed by atoms with Crippen LogP contribution in [0, 0.1) is 0 Å². The number of para-hydroxylation sites is 1. The van der Waals surface area contributed by atoms with Gasteiger partial charge in [0.25, 0.3) is 0 Å². The van der Waals surface area contributed by atoms with E-state index in [9.17, 15) is 0 Å². The molecule has 14 rings (SSSR count). The fraction of sp³-hybridized carbons (Fsp3) is 0.108. The van der Waals surface area contributed by atoms with Crippen LogP contribution in [0.3, 0.4) is 0 Å². The Morgan fingerprint density at radius 3 is 1.30 bits per heavy atom. The molecule has 0 saturated heterocycles. The first-order valence-corrected chi connectivity index (χ1v) is 23.7. The molecule has 1 aliphatic carbocycles. The van der Waals surface area contributed by atoms with Gasteiger partial charge in [0.15, 0.2) is 0 Å².